The van der Waals surface area contributed by atoms with Gasteiger partial charge in [-0.2, -0.15) is 0 Å². The zero-order chi connectivity index (χ0) is 19.4. The van der Waals surface area contributed by atoms with E-state index in [4.69, 9.17) is 4.74 Å². The number of fused-ring (bicyclic) bond motifs is 1. The van der Waals surface area contributed by atoms with Gasteiger partial charge in [0.15, 0.2) is 0 Å². The number of aromatic nitrogens is 2. The molecule has 2 N–H and O–H groups in total. The largest absolute Gasteiger partial charge is 0.444 e. The smallest absolute Gasteiger partial charge is 0.407 e. The second-order valence-corrected chi connectivity index (χ2v) is 8.29. The fraction of sp³-hybridized carbons (Fsp3) is 0.600. The minimum Gasteiger partial charge on any atom is -0.444 e. The predicted octanol–water partition coefficient (Wildman–Crippen LogP) is 2.57. The summed E-state index contributed by atoms with van der Waals surface area (Å²) in [4.78, 5) is 29.2. The quantitative estimate of drug-likeness (QED) is 0.814. The average molecular weight is 374 g/mol. The Morgan fingerprint density at radius 3 is 2.85 bits per heavy atom. The third kappa shape index (κ3) is 5.35. The van der Waals surface area contributed by atoms with E-state index in [2.05, 4.69) is 15.2 Å². The first-order valence-electron chi connectivity index (χ1n) is 9.68. The van der Waals surface area contributed by atoms with Crippen LogP contribution in [0.2, 0.25) is 0 Å². The van der Waals surface area contributed by atoms with E-state index in [0.717, 1.165) is 43.5 Å². The lowest BCUT2D eigenvalue weighted by Gasteiger charge is -2.21. The summed E-state index contributed by atoms with van der Waals surface area (Å²) in [6.45, 7) is 9.90. The Bertz CT molecular complexity index is 834. The molecule has 3 rings (SSSR count). The zero-order valence-electron chi connectivity index (χ0n) is 16.5. The molecule has 1 unspecified atom stereocenters. The monoisotopic (exact) mass is 374 g/mol. The van der Waals surface area contributed by atoms with Gasteiger partial charge in [-0.25, -0.2) is 9.59 Å². The van der Waals surface area contributed by atoms with E-state index in [1.165, 1.54) is 0 Å². The van der Waals surface area contributed by atoms with Crippen molar-refractivity contribution in [2.45, 2.75) is 45.8 Å². The van der Waals surface area contributed by atoms with Gasteiger partial charge in [-0.1, -0.05) is 12.1 Å². The third-order valence-corrected chi connectivity index (χ3v) is 4.84. The number of rotatable bonds is 6. The van der Waals surface area contributed by atoms with Crippen molar-refractivity contribution in [3.63, 3.8) is 0 Å². The number of amides is 1. The highest BCUT2D eigenvalue weighted by Gasteiger charge is 2.23. The number of aromatic amines is 1. The SMILES string of the molecule is CC(C)(C)OC(=O)NCC1CCN(CCCn2c(=O)[nH]c3ccccc32)C1. The molecule has 7 heteroatoms. The van der Waals surface area contributed by atoms with E-state index in [-0.39, 0.29) is 11.8 Å². The summed E-state index contributed by atoms with van der Waals surface area (Å²) >= 11 is 0. The van der Waals surface area contributed by atoms with Crippen molar-refractivity contribution in [1.82, 2.24) is 19.8 Å². The number of carbonyl (C=O) groups is 1. The van der Waals surface area contributed by atoms with E-state index in [9.17, 15) is 9.59 Å². The second-order valence-electron chi connectivity index (χ2n) is 8.29. The molecular weight excluding hydrogens is 344 g/mol. The molecule has 0 radical (unpaired) electrons. The summed E-state index contributed by atoms with van der Waals surface area (Å²) in [6.07, 6.45) is 1.65. The fourth-order valence-electron chi connectivity index (χ4n) is 3.61. The number of benzene rings is 1. The number of hydrogen-bond donors (Lipinski definition) is 2. The molecule has 0 saturated carbocycles. The van der Waals surface area contributed by atoms with Crippen LogP contribution in [0.25, 0.3) is 11.0 Å². The third-order valence-electron chi connectivity index (χ3n) is 4.84. The second kappa shape index (κ2) is 8.17. The Balaban J connectivity index is 1.41. The summed E-state index contributed by atoms with van der Waals surface area (Å²) < 4.78 is 7.09. The molecule has 1 aromatic carbocycles. The number of likely N-dealkylation sites (tertiary alicyclic amines) is 1. The lowest BCUT2D eigenvalue weighted by atomic mass is 10.1. The molecule has 2 heterocycles. The normalized spacial score (nSPS) is 18.1. The fourth-order valence-corrected chi connectivity index (χ4v) is 3.61. The summed E-state index contributed by atoms with van der Waals surface area (Å²) in [5.41, 5.74) is 1.34. The number of nitrogens with zero attached hydrogens (tertiary/aromatic N) is 2. The first kappa shape index (κ1) is 19.5. The molecule has 1 aliphatic rings. The van der Waals surface area contributed by atoms with Crippen LogP contribution in [-0.2, 0) is 11.3 Å². The molecule has 1 aromatic heterocycles. The number of hydrogen-bond acceptors (Lipinski definition) is 4. The minimum absolute atomic E-state index is 0.0444. The maximum atomic E-state index is 12.1. The van der Waals surface area contributed by atoms with Gasteiger partial charge < -0.3 is 19.9 Å². The number of carbonyl (C=O) groups excluding carboxylic acids is 1. The Morgan fingerprint density at radius 2 is 2.07 bits per heavy atom. The minimum atomic E-state index is -0.466. The highest BCUT2D eigenvalue weighted by atomic mass is 16.6. The van der Waals surface area contributed by atoms with E-state index in [1.54, 1.807) is 0 Å². The Hall–Kier alpha value is -2.28. The van der Waals surface area contributed by atoms with Crippen molar-refractivity contribution in [3.05, 3.63) is 34.7 Å². The van der Waals surface area contributed by atoms with Gasteiger partial charge in [-0.3, -0.25) is 4.57 Å². The van der Waals surface area contributed by atoms with Gasteiger partial charge >= 0.3 is 11.8 Å². The van der Waals surface area contributed by atoms with Crippen LogP contribution >= 0.6 is 0 Å². The number of ether oxygens (including phenoxy) is 1. The number of aryl methyl sites for hydroxylation is 1. The van der Waals surface area contributed by atoms with Gasteiger partial charge in [0.05, 0.1) is 11.0 Å². The highest BCUT2D eigenvalue weighted by Crippen LogP contribution is 2.16. The standard InChI is InChI=1S/C20H30N4O3/c1-20(2,3)27-19(26)21-13-15-9-12-23(14-15)10-6-11-24-17-8-5-4-7-16(17)22-18(24)25/h4-5,7-8,15H,6,9-14H2,1-3H3,(H,21,26)(H,22,25). The molecule has 27 heavy (non-hydrogen) atoms. The van der Waals surface area contributed by atoms with Gasteiger partial charge in [0.2, 0.25) is 0 Å². The van der Waals surface area contributed by atoms with Gasteiger partial charge in [0, 0.05) is 19.6 Å². The topological polar surface area (TPSA) is 79.4 Å². The summed E-state index contributed by atoms with van der Waals surface area (Å²) in [5, 5.41) is 2.87. The van der Waals surface area contributed by atoms with Crippen LogP contribution in [0.1, 0.15) is 33.6 Å². The maximum Gasteiger partial charge on any atom is 0.407 e. The molecular formula is C20H30N4O3. The Kier molecular flexibility index (Phi) is 5.89. The molecule has 1 fully saturated rings. The lowest BCUT2D eigenvalue weighted by Crippen LogP contribution is -2.36. The molecule has 7 nitrogen and oxygen atoms in total. The molecule has 1 atom stereocenters. The van der Waals surface area contributed by atoms with Crippen LogP contribution in [-0.4, -0.2) is 52.3 Å². The van der Waals surface area contributed by atoms with E-state index in [0.29, 0.717) is 19.0 Å². The number of nitrogens with one attached hydrogen (secondary N) is 2. The van der Waals surface area contributed by atoms with Crippen LogP contribution < -0.4 is 11.0 Å². The Labute approximate surface area is 159 Å². The summed E-state index contributed by atoms with van der Waals surface area (Å²) in [5.74, 6) is 0.452. The average Bonchev–Trinajstić information content (AvgIpc) is 3.16. The molecule has 0 spiro atoms. The van der Waals surface area contributed by atoms with Crippen LogP contribution in [0.15, 0.2) is 29.1 Å². The lowest BCUT2D eigenvalue weighted by molar-refractivity contribution is 0.0519. The number of H-pyrrole nitrogens is 1. The molecule has 0 aliphatic carbocycles. The van der Waals surface area contributed by atoms with Crippen LogP contribution in [0, 0.1) is 5.92 Å². The first-order chi connectivity index (χ1) is 12.8. The molecule has 1 amide bonds. The Morgan fingerprint density at radius 1 is 1.30 bits per heavy atom. The van der Waals surface area contributed by atoms with E-state index >= 15 is 0 Å². The van der Waals surface area contributed by atoms with Crippen molar-refractivity contribution in [2.24, 2.45) is 5.92 Å². The number of imidazole rings is 1. The maximum absolute atomic E-state index is 12.1. The van der Waals surface area contributed by atoms with Gasteiger partial charge in [-0.15, -0.1) is 0 Å². The number of alkyl carbamates (subject to hydrolysis) is 1. The number of para-hydroxylation sites is 2. The first-order valence-corrected chi connectivity index (χ1v) is 9.68. The van der Waals surface area contributed by atoms with Gasteiger partial charge in [-0.05, 0) is 64.8 Å². The van der Waals surface area contributed by atoms with Crippen molar-refractivity contribution < 1.29 is 9.53 Å². The van der Waals surface area contributed by atoms with Crippen molar-refractivity contribution in [2.75, 3.05) is 26.2 Å². The van der Waals surface area contributed by atoms with Gasteiger partial charge in [0.1, 0.15) is 5.60 Å². The van der Waals surface area contributed by atoms with Gasteiger partial charge in [0.25, 0.3) is 0 Å². The van der Waals surface area contributed by atoms with Crippen molar-refractivity contribution in [3.8, 4) is 0 Å². The molecule has 148 valence electrons. The molecule has 1 aliphatic heterocycles. The highest BCUT2D eigenvalue weighted by molar-refractivity contribution is 5.74. The van der Waals surface area contributed by atoms with Crippen molar-refractivity contribution in [1.29, 1.82) is 0 Å². The van der Waals surface area contributed by atoms with E-state index < -0.39 is 5.60 Å². The summed E-state index contributed by atoms with van der Waals surface area (Å²) in [6, 6.07) is 7.78. The van der Waals surface area contributed by atoms with Crippen molar-refractivity contribution >= 4 is 17.1 Å². The molecule has 0 bridgehead atoms. The van der Waals surface area contributed by atoms with Crippen LogP contribution in [0.4, 0.5) is 4.79 Å². The predicted molar refractivity (Wildman–Crippen MR) is 106 cm³/mol. The van der Waals surface area contributed by atoms with Crippen LogP contribution in [0.5, 0.6) is 0 Å². The molecule has 2 aromatic rings. The molecule has 1 saturated heterocycles. The zero-order valence-corrected chi connectivity index (χ0v) is 16.5. The van der Waals surface area contributed by atoms with E-state index in [1.807, 2.05) is 49.6 Å². The summed E-state index contributed by atoms with van der Waals surface area (Å²) in [7, 11) is 0. The van der Waals surface area contributed by atoms with Crippen LogP contribution in [0.3, 0.4) is 0 Å².